The van der Waals surface area contributed by atoms with Gasteiger partial charge in [-0.3, -0.25) is 0 Å². The van der Waals surface area contributed by atoms with Crippen LogP contribution in [0.1, 0.15) is 21.5 Å². The van der Waals surface area contributed by atoms with Gasteiger partial charge in [-0.05, 0) is 24.6 Å². The molecule has 19 heavy (non-hydrogen) atoms. The molecule has 0 fully saturated rings. The highest BCUT2D eigenvalue weighted by Gasteiger charge is 2.34. The van der Waals surface area contributed by atoms with E-state index in [0.29, 0.717) is 16.8 Å². The molecule has 0 aliphatic carbocycles. The number of sulfone groups is 1. The lowest BCUT2D eigenvalue weighted by atomic mass is 10.0. The van der Waals surface area contributed by atoms with Gasteiger partial charge in [-0.15, -0.1) is 0 Å². The number of esters is 1. The molecule has 7 heteroatoms. The van der Waals surface area contributed by atoms with Crippen LogP contribution in [-0.2, 0) is 19.4 Å². The van der Waals surface area contributed by atoms with E-state index in [9.17, 15) is 13.2 Å². The van der Waals surface area contributed by atoms with Gasteiger partial charge in [0.05, 0.1) is 17.6 Å². The van der Waals surface area contributed by atoms with Crippen LogP contribution < -0.4 is 0 Å². The Bertz CT molecular complexity index is 676. The van der Waals surface area contributed by atoms with E-state index >= 15 is 0 Å². The van der Waals surface area contributed by atoms with Gasteiger partial charge in [0.15, 0.2) is 9.84 Å². The van der Waals surface area contributed by atoms with Crippen molar-refractivity contribution in [3.05, 3.63) is 28.8 Å². The summed E-state index contributed by atoms with van der Waals surface area (Å²) >= 11 is 0. The lowest BCUT2D eigenvalue weighted by Gasteiger charge is -2.06. The molecule has 6 nitrogen and oxygen atoms in total. The van der Waals surface area contributed by atoms with Gasteiger partial charge in [-0.25, -0.2) is 13.2 Å². The van der Waals surface area contributed by atoms with Crippen molar-refractivity contribution in [1.82, 2.24) is 0 Å². The Labute approximate surface area is 110 Å². The number of rotatable bonds is 2. The van der Waals surface area contributed by atoms with Gasteiger partial charge in [0.2, 0.25) is 0 Å². The first-order valence-electron chi connectivity index (χ1n) is 5.47. The normalized spacial score (nSPS) is 18.2. The molecule has 0 radical (unpaired) electrons. The zero-order valence-electron chi connectivity index (χ0n) is 10.8. The van der Waals surface area contributed by atoms with Crippen molar-refractivity contribution >= 4 is 21.5 Å². The molecule has 1 aromatic carbocycles. The second-order valence-corrected chi connectivity index (χ2v) is 6.09. The molecule has 0 amide bonds. The minimum absolute atomic E-state index is 0.0919. The Morgan fingerprint density at radius 3 is 2.58 bits per heavy atom. The van der Waals surface area contributed by atoms with Crippen LogP contribution in [0.15, 0.2) is 22.2 Å². The van der Waals surface area contributed by atoms with E-state index < -0.39 is 15.8 Å². The average molecular weight is 283 g/mol. The third-order valence-corrected chi connectivity index (χ3v) is 4.57. The molecule has 0 bridgehead atoms. The molecule has 102 valence electrons. The maximum Gasteiger partial charge on any atom is 0.338 e. The third-order valence-electron chi connectivity index (χ3n) is 2.91. The minimum atomic E-state index is -3.48. The summed E-state index contributed by atoms with van der Waals surface area (Å²) in [4.78, 5) is 16.3. The monoisotopic (exact) mass is 283 g/mol. The van der Waals surface area contributed by atoms with E-state index in [-0.39, 0.29) is 16.2 Å². The van der Waals surface area contributed by atoms with Gasteiger partial charge in [0.1, 0.15) is 18.6 Å². The number of hydrogen-bond donors (Lipinski definition) is 0. The Morgan fingerprint density at radius 1 is 1.32 bits per heavy atom. The number of nitrogens with zero attached hydrogens (tertiary/aromatic N) is 1. The predicted molar refractivity (Wildman–Crippen MR) is 68.1 cm³/mol. The molecule has 1 aromatic rings. The van der Waals surface area contributed by atoms with Crippen LogP contribution in [0.5, 0.6) is 0 Å². The third kappa shape index (κ3) is 2.21. The Hall–Kier alpha value is -1.89. The quantitative estimate of drug-likeness (QED) is 0.595. The fraction of sp³-hybridized carbons (Fsp3) is 0.333. The zero-order chi connectivity index (χ0) is 14.2. The molecule has 0 aromatic heterocycles. The summed E-state index contributed by atoms with van der Waals surface area (Å²) in [5, 5.41) is 3.72. The van der Waals surface area contributed by atoms with Crippen LogP contribution in [0.4, 0.5) is 0 Å². The van der Waals surface area contributed by atoms with Gasteiger partial charge < -0.3 is 9.57 Å². The van der Waals surface area contributed by atoms with Crippen molar-refractivity contribution in [2.45, 2.75) is 11.8 Å². The smallest absolute Gasteiger partial charge is 0.338 e. The lowest BCUT2D eigenvalue weighted by molar-refractivity contribution is 0.0599. The van der Waals surface area contributed by atoms with E-state index in [1.807, 2.05) is 0 Å². The molecular formula is C12H13NO5S. The molecule has 0 spiro atoms. The number of oxime groups is 1. The van der Waals surface area contributed by atoms with Crippen LogP contribution >= 0.6 is 0 Å². The average Bonchev–Trinajstić information content (AvgIpc) is 2.59. The van der Waals surface area contributed by atoms with Crippen molar-refractivity contribution in [3.8, 4) is 0 Å². The van der Waals surface area contributed by atoms with Crippen LogP contribution in [0.3, 0.4) is 0 Å². The van der Waals surface area contributed by atoms with E-state index in [2.05, 4.69) is 14.7 Å². The second kappa shape index (κ2) is 4.65. The molecule has 0 saturated heterocycles. The van der Waals surface area contributed by atoms with Gasteiger partial charge >= 0.3 is 5.97 Å². The first-order valence-corrected chi connectivity index (χ1v) is 7.12. The fourth-order valence-electron chi connectivity index (χ4n) is 2.02. The lowest BCUT2D eigenvalue weighted by Crippen LogP contribution is -2.06. The largest absolute Gasteiger partial charge is 0.465 e. The molecule has 1 aliphatic rings. The highest BCUT2D eigenvalue weighted by molar-refractivity contribution is 7.92. The number of carbonyl (C=O) groups is 1. The number of ether oxygens (including phenoxy) is 1. The van der Waals surface area contributed by atoms with E-state index in [4.69, 9.17) is 0 Å². The van der Waals surface area contributed by atoms with Gasteiger partial charge in [-0.2, -0.15) is 0 Å². The number of methoxy groups -OCH3 is 1. The Balaban J connectivity index is 2.70. The number of aryl methyl sites for hydroxylation is 1. The summed E-state index contributed by atoms with van der Waals surface area (Å²) in [6.07, 6.45) is 0. The zero-order valence-corrected chi connectivity index (χ0v) is 11.6. The number of fused-ring (bicyclic) bond motifs is 1. The molecule has 1 heterocycles. The predicted octanol–water partition coefficient (Wildman–Crippen LogP) is 0.919. The van der Waals surface area contributed by atoms with Crippen molar-refractivity contribution in [2.75, 3.05) is 20.0 Å². The SMILES string of the molecule is CON=C1CS(=O)(=O)c2cc(C(=O)OC)c(C)cc21. The van der Waals surface area contributed by atoms with Crippen LogP contribution in [0.25, 0.3) is 0 Å². The van der Waals surface area contributed by atoms with Crippen molar-refractivity contribution in [2.24, 2.45) is 5.16 Å². The first kappa shape index (κ1) is 13.5. The van der Waals surface area contributed by atoms with E-state index in [1.165, 1.54) is 20.3 Å². The van der Waals surface area contributed by atoms with E-state index in [1.54, 1.807) is 13.0 Å². The van der Waals surface area contributed by atoms with Gasteiger partial charge in [0.25, 0.3) is 0 Å². The Morgan fingerprint density at radius 2 is 2.00 bits per heavy atom. The van der Waals surface area contributed by atoms with Gasteiger partial charge in [-0.1, -0.05) is 5.16 Å². The van der Waals surface area contributed by atoms with Crippen molar-refractivity contribution in [1.29, 1.82) is 0 Å². The molecular weight excluding hydrogens is 270 g/mol. The van der Waals surface area contributed by atoms with Gasteiger partial charge in [0, 0.05) is 5.56 Å². The molecule has 0 N–H and O–H groups in total. The fourth-order valence-corrected chi connectivity index (χ4v) is 3.55. The number of hydrogen-bond acceptors (Lipinski definition) is 6. The number of carbonyl (C=O) groups excluding carboxylic acids is 1. The van der Waals surface area contributed by atoms with E-state index in [0.717, 1.165) is 0 Å². The highest BCUT2D eigenvalue weighted by Crippen LogP contribution is 2.29. The van der Waals surface area contributed by atoms with Crippen molar-refractivity contribution < 1.29 is 22.8 Å². The molecule has 0 unspecified atom stereocenters. The highest BCUT2D eigenvalue weighted by atomic mass is 32.2. The molecule has 2 rings (SSSR count). The standard InChI is InChI=1S/C12H13NO5S/c1-7-4-9-10(13-18-3)6-19(15,16)11(9)5-8(7)12(14)17-2/h4-5H,6H2,1-3H3. The van der Waals surface area contributed by atoms with Crippen LogP contribution in [0.2, 0.25) is 0 Å². The Kier molecular flexibility index (Phi) is 3.32. The minimum Gasteiger partial charge on any atom is -0.465 e. The molecule has 1 aliphatic heterocycles. The van der Waals surface area contributed by atoms with Crippen LogP contribution in [-0.4, -0.2) is 40.1 Å². The second-order valence-electron chi connectivity index (χ2n) is 4.13. The maximum absolute atomic E-state index is 12.0. The number of benzene rings is 1. The topological polar surface area (TPSA) is 82.0 Å². The molecule has 0 atom stereocenters. The summed E-state index contributed by atoms with van der Waals surface area (Å²) < 4.78 is 28.7. The summed E-state index contributed by atoms with van der Waals surface area (Å²) in [6, 6.07) is 2.95. The molecule has 0 saturated carbocycles. The van der Waals surface area contributed by atoms with Crippen molar-refractivity contribution in [3.63, 3.8) is 0 Å². The summed E-state index contributed by atoms with van der Waals surface area (Å²) in [6.45, 7) is 1.71. The van der Waals surface area contributed by atoms with Crippen LogP contribution in [0, 0.1) is 6.92 Å². The first-order chi connectivity index (χ1) is 8.90. The summed E-state index contributed by atoms with van der Waals surface area (Å²) in [7, 11) is -0.871. The summed E-state index contributed by atoms with van der Waals surface area (Å²) in [5.74, 6) is -0.784. The maximum atomic E-state index is 12.0. The summed E-state index contributed by atoms with van der Waals surface area (Å²) in [5.41, 5.74) is 1.69.